The van der Waals surface area contributed by atoms with Crippen molar-refractivity contribution in [1.29, 1.82) is 0 Å². The molecule has 6 nitrogen and oxygen atoms in total. The largest absolute Gasteiger partial charge is 0.493 e. The van der Waals surface area contributed by atoms with Crippen LogP contribution in [0.2, 0.25) is 0 Å². The van der Waals surface area contributed by atoms with Gasteiger partial charge in [0.05, 0.1) is 14.2 Å². The van der Waals surface area contributed by atoms with Gasteiger partial charge in [-0.15, -0.1) is 0 Å². The molecule has 0 N–H and O–H groups in total. The number of aryl methyl sites for hydroxylation is 1. The van der Waals surface area contributed by atoms with Gasteiger partial charge in [0.15, 0.2) is 18.1 Å². The minimum absolute atomic E-state index is 0.149. The third-order valence-electron chi connectivity index (χ3n) is 9.93. The quantitative estimate of drug-likeness (QED) is 0.191. The zero-order valence-electron chi connectivity index (χ0n) is 27.5. The zero-order chi connectivity index (χ0) is 31.6. The van der Waals surface area contributed by atoms with Crippen molar-refractivity contribution in [2.24, 2.45) is 17.8 Å². The molecule has 7 rings (SSSR count). The highest BCUT2D eigenvalue weighted by molar-refractivity contribution is 5.71. The summed E-state index contributed by atoms with van der Waals surface area (Å²) in [6, 6.07) is 22.9. The highest BCUT2D eigenvalue weighted by Crippen LogP contribution is 2.60. The molecule has 0 amide bonds. The van der Waals surface area contributed by atoms with Gasteiger partial charge in [0.2, 0.25) is 0 Å². The molecule has 0 aromatic heterocycles. The molecule has 0 saturated heterocycles. The summed E-state index contributed by atoms with van der Waals surface area (Å²) in [7, 11) is 3.30. The first kappa shape index (κ1) is 31.3. The van der Waals surface area contributed by atoms with Gasteiger partial charge in [-0.05, 0) is 148 Å². The molecule has 3 aromatic rings. The van der Waals surface area contributed by atoms with Crippen LogP contribution in [0, 0.1) is 17.8 Å². The molecule has 0 radical (unpaired) electrons. The van der Waals surface area contributed by atoms with E-state index in [1.807, 2.05) is 51.1 Å². The van der Waals surface area contributed by atoms with E-state index in [4.69, 9.17) is 23.7 Å². The maximum Gasteiger partial charge on any atom is 0.344 e. The fraction of sp³-hybridized carbons (Fsp3) is 0.513. The molecule has 0 spiro atoms. The summed E-state index contributed by atoms with van der Waals surface area (Å²) in [5.74, 6) is 5.24. The molecular formula is C39H48O6. The van der Waals surface area contributed by atoms with Crippen LogP contribution in [0.5, 0.6) is 23.0 Å². The summed E-state index contributed by atoms with van der Waals surface area (Å²) in [5, 5.41) is 0. The number of benzene rings is 3. The molecule has 6 heteroatoms. The Morgan fingerprint density at radius 2 is 1.49 bits per heavy atom. The molecule has 4 saturated carbocycles. The topological polar surface area (TPSA) is 63.2 Å². The summed E-state index contributed by atoms with van der Waals surface area (Å²) in [5.41, 5.74) is 3.42. The molecule has 1 atom stereocenters. The second-order valence-electron chi connectivity index (χ2n) is 14.5. The van der Waals surface area contributed by atoms with Crippen molar-refractivity contribution in [3.05, 3.63) is 83.4 Å². The van der Waals surface area contributed by atoms with Gasteiger partial charge in [0.25, 0.3) is 0 Å². The van der Waals surface area contributed by atoms with Gasteiger partial charge in [-0.1, -0.05) is 30.3 Å². The van der Waals surface area contributed by atoms with E-state index in [1.165, 1.54) is 44.1 Å². The number of hydrogen-bond donors (Lipinski definition) is 0. The summed E-state index contributed by atoms with van der Waals surface area (Å²) < 4.78 is 29.0. The van der Waals surface area contributed by atoms with Crippen molar-refractivity contribution in [1.82, 2.24) is 0 Å². The Kier molecular flexibility index (Phi) is 9.03. The number of methoxy groups -OCH3 is 2. The lowest BCUT2D eigenvalue weighted by molar-refractivity contribution is -0.157. The standard InChI is InChI=1S/C39H48O6/c1-38(2,3)45-37(40)25-43-33-8-6-7-30(21-33)34(15-9-26-10-16-35(41-4)36(20-26)42-5)44-32-13-11-31(12-14-32)39-22-27-17-28(23-39)19-29(18-27)24-39/h6-8,10-14,16,20-21,27-29,34H,9,15,17-19,22-25H2,1-5H3/t27?,28?,29?,34-,39?/m0/s1. The Hall–Kier alpha value is -3.67. The van der Waals surface area contributed by atoms with E-state index >= 15 is 0 Å². The van der Waals surface area contributed by atoms with Crippen LogP contribution >= 0.6 is 0 Å². The summed E-state index contributed by atoms with van der Waals surface area (Å²) in [4.78, 5) is 12.3. The van der Waals surface area contributed by atoms with Crippen LogP contribution in [0.1, 0.15) is 88.5 Å². The second-order valence-corrected chi connectivity index (χ2v) is 14.5. The van der Waals surface area contributed by atoms with Gasteiger partial charge in [-0.3, -0.25) is 0 Å². The highest BCUT2D eigenvalue weighted by atomic mass is 16.6. The van der Waals surface area contributed by atoms with Crippen LogP contribution in [-0.4, -0.2) is 32.4 Å². The molecule has 240 valence electrons. The van der Waals surface area contributed by atoms with E-state index < -0.39 is 11.6 Å². The monoisotopic (exact) mass is 612 g/mol. The van der Waals surface area contributed by atoms with Crippen LogP contribution in [0.3, 0.4) is 0 Å². The number of carbonyl (C=O) groups is 1. The highest BCUT2D eigenvalue weighted by Gasteiger charge is 2.51. The molecule has 4 bridgehead atoms. The normalized spacial score (nSPS) is 24.2. The third-order valence-corrected chi connectivity index (χ3v) is 9.93. The number of rotatable bonds is 12. The summed E-state index contributed by atoms with van der Waals surface area (Å²) in [6.45, 7) is 5.40. The smallest absolute Gasteiger partial charge is 0.344 e. The van der Waals surface area contributed by atoms with Crippen molar-refractivity contribution in [2.45, 2.75) is 89.3 Å². The van der Waals surface area contributed by atoms with Crippen molar-refractivity contribution in [3.8, 4) is 23.0 Å². The van der Waals surface area contributed by atoms with Gasteiger partial charge in [0.1, 0.15) is 23.2 Å². The van der Waals surface area contributed by atoms with E-state index in [2.05, 4.69) is 36.4 Å². The van der Waals surface area contributed by atoms with Crippen molar-refractivity contribution < 1.29 is 28.5 Å². The lowest BCUT2D eigenvalue weighted by Gasteiger charge is -2.57. The summed E-state index contributed by atoms with van der Waals surface area (Å²) >= 11 is 0. The lowest BCUT2D eigenvalue weighted by Crippen LogP contribution is -2.48. The number of hydrogen-bond acceptors (Lipinski definition) is 6. The molecule has 3 aromatic carbocycles. The van der Waals surface area contributed by atoms with Crippen LogP contribution in [0.25, 0.3) is 0 Å². The predicted molar refractivity (Wildman–Crippen MR) is 175 cm³/mol. The lowest BCUT2D eigenvalue weighted by atomic mass is 9.48. The second kappa shape index (κ2) is 13.0. The van der Waals surface area contributed by atoms with Gasteiger partial charge in [-0.2, -0.15) is 0 Å². The minimum Gasteiger partial charge on any atom is -0.493 e. The Labute approximate surface area is 268 Å². The first-order valence-corrected chi connectivity index (χ1v) is 16.5. The number of esters is 1. The minimum atomic E-state index is -0.559. The van der Waals surface area contributed by atoms with Crippen LogP contribution in [-0.2, 0) is 21.4 Å². The number of carbonyl (C=O) groups excluding carboxylic acids is 1. The van der Waals surface area contributed by atoms with Gasteiger partial charge in [0, 0.05) is 0 Å². The number of ether oxygens (including phenoxy) is 5. The Morgan fingerprint density at radius 3 is 2.11 bits per heavy atom. The van der Waals surface area contributed by atoms with E-state index in [-0.39, 0.29) is 12.7 Å². The third kappa shape index (κ3) is 7.43. The van der Waals surface area contributed by atoms with E-state index in [1.54, 1.807) is 14.2 Å². The zero-order valence-corrected chi connectivity index (χ0v) is 27.5. The maximum absolute atomic E-state index is 12.3. The van der Waals surface area contributed by atoms with Crippen molar-refractivity contribution >= 4 is 5.97 Å². The molecule has 45 heavy (non-hydrogen) atoms. The van der Waals surface area contributed by atoms with Gasteiger partial charge in [-0.25, -0.2) is 4.79 Å². The Bertz CT molecular complexity index is 1430. The van der Waals surface area contributed by atoms with Crippen molar-refractivity contribution in [2.75, 3.05) is 20.8 Å². The van der Waals surface area contributed by atoms with Crippen molar-refractivity contribution in [3.63, 3.8) is 0 Å². The average molecular weight is 613 g/mol. The molecule has 4 fully saturated rings. The maximum atomic E-state index is 12.3. The molecule has 0 unspecified atom stereocenters. The first-order chi connectivity index (χ1) is 21.6. The Morgan fingerprint density at radius 1 is 0.822 bits per heavy atom. The fourth-order valence-corrected chi connectivity index (χ4v) is 8.46. The van der Waals surface area contributed by atoms with Gasteiger partial charge >= 0.3 is 5.97 Å². The molecule has 4 aliphatic rings. The van der Waals surface area contributed by atoms with Crippen LogP contribution in [0.4, 0.5) is 0 Å². The molecular weight excluding hydrogens is 564 g/mol. The SMILES string of the molecule is COc1ccc(CC[C@H](Oc2ccc(C34CC5CC(CC(C5)C3)C4)cc2)c2cccc(OCC(=O)OC(C)(C)C)c2)cc1OC. The van der Waals surface area contributed by atoms with Crippen LogP contribution in [0.15, 0.2) is 66.7 Å². The van der Waals surface area contributed by atoms with E-state index in [0.29, 0.717) is 22.7 Å². The fourth-order valence-electron chi connectivity index (χ4n) is 8.46. The van der Waals surface area contributed by atoms with Crippen LogP contribution < -0.4 is 18.9 Å². The Balaban J connectivity index is 1.20. The average Bonchev–Trinajstić information content (AvgIpc) is 3.01. The van der Waals surface area contributed by atoms with E-state index in [9.17, 15) is 4.79 Å². The van der Waals surface area contributed by atoms with E-state index in [0.717, 1.165) is 47.5 Å². The summed E-state index contributed by atoms with van der Waals surface area (Å²) in [6.07, 6.45) is 9.68. The molecule has 4 aliphatic carbocycles. The molecule has 0 aliphatic heterocycles. The van der Waals surface area contributed by atoms with Gasteiger partial charge < -0.3 is 23.7 Å². The predicted octanol–water partition coefficient (Wildman–Crippen LogP) is 8.65. The molecule has 0 heterocycles. The first-order valence-electron chi connectivity index (χ1n) is 16.5.